The minimum absolute atomic E-state index is 0.226. The van der Waals surface area contributed by atoms with Gasteiger partial charge in [-0.3, -0.25) is 20.0 Å². The predicted molar refractivity (Wildman–Crippen MR) is 181 cm³/mol. The SMILES string of the molecule is Cc1ccc(C(=O)NO)c(Nc2ccc(I)cc2Cl)c1.O=C(NO)c1cc(Br)c(F)c(F)c1Nc1ccc(I)cc1Br. The first kappa shape index (κ1) is 34.4. The number of hydrogen-bond acceptors (Lipinski definition) is 6. The summed E-state index contributed by atoms with van der Waals surface area (Å²) in [4.78, 5) is 23.3. The minimum Gasteiger partial charge on any atom is -0.354 e. The van der Waals surface area contributed by atoms with Crippen molar-refractivity contribution < 1.29 is 28.8 Å². The van der Waals surface area contributed by atoms with Crippen LogP contribution in [0, 0.1) is 25.7 Å². The van der Waals surface area contributed by atoms with E-state index in [0.29, 0.717) is 32.1 Å². The van der Waals surface area contributed by atoms with Gasteiger partial charge in [-0.2, -0.15) is 0 Å². The van der Waals surface area contributed by atoms with E-state index in [-0.39, 0.29) is 15.7 Å². The summed E-state index contributed by atoms with van der Waals surface area (Å²) in [6.07, 6.45) is 0. The van der Waals surface area contributed by atoms with Gasteiger partial charge in [0.1, 0.15) is 0 Å². The summed E-state index contributed by atoms with van der Waals surface area (Å²) in [6.45, 7) is 1.92. The highest BCUT2D eigenvalue weighted by Gasteiger charge is 2.22. The van der Waals surface area contributed by atoms with E-state index in [1.807, 2.05) is 31.2 Å². The Balaban J connectivity index is 0.000000231. The van der Waals surface area contributed by atoms with Crippen LogP contribution in [0.4, 0.5) is 31.5 Å². The summed E-state index contributed by atoms with van der Waals surface area (Å²) >= 11 is 16.6. The van der Waals surface area contributed by atoms with Crippen molar-refractivity contribution in [3.8, 4) is 0 Å². The molecule has 4 aromatic carbocycles. The molecule has 4 aromatic rings. The van der Waals surface area contributed by atoms with Gasteiger partial charge in [0.25, 0.3) is 11.8 Å². The number of carbonyl (C=O) groups is 2. The Hall–Kier alpha value is -2.09. The van der Waals surface area contributed by atoms with Gasteiger partial charge in [0, 0.05) is 11.6 Å². The third kappa shape index (κ3) is 8.73. The third-order valence-electron chi connectivity index (χ3n) is 5.42. The molecule has 6 N–H and O–H groups in total. The maximum absolute atomic E-state index is 14.2. The van der Waals surface area contributed by atoms with Crippen LogP contribution in [0.5, 0.6) is 0 Å². The molecule has 0 unspecified atom stereocenters. The average molecular weight is 951 g/mol. The zero-order valence-corrected chi connectivity index (χ0v) is 29.4. The quantitative estimate of drug-likeness (QED) is 0.0497. The van der Waals surface area contributed by atoms with Gasteiger partial charge in [-0.25, -0.2) is 19.7 Å². The van der Waals surface area contributed by atoms with Crippen LogP contribution in [0.2, 0.25) is 5.02 Å². The molecule has 0 radical (unpaired) electrons. The summed E-state index contributed by atoms with van der Waals surface area (Å²) in [5.74, 6) is -3.92. The van der Waals surface area contributed by atoms with Crippen molar-refractivity contribution >= 4 is 123 Å². The van der Waals surface area contributed by atoms with Crippen LogP contribution in [-0.4, -0.2) is 22.2 Å². The summed E-state index contributed by atoms with van der Waals surface area (Å²) in [5.41, 5.74) is 5.46. The fourth-order valence-corrected chi connectivity index (χ4v) is 6.14. The molecule has 0 aliphatic heterocycles. The molecule has 0 aliphatic carbocycles. The first-order valence-electron chi connectivity index (χ1n) is 11.5. The highest BCUT2D eigenvalue weighted by atomic mass is 127. The fourth-order valence-electron chi connectivity index (χ4n) is 3.44. The first-order chi connectivity index (χ1) is 19.9. The normalized spacial score (nSPS) is 10.3. The lowest BCUT2D eigenvalue weighted by molar-refractivity contribution is 0.0702. The van der Waals surface area contributed by atoms with Crippen LogP contribution in [0.3, 0.4) is 0 Å². The third-order valence-corrected chi connectivity index (χ3v) is 8.31. The highest BCUT2D eigenvalue weighted by Crippen LogP contribution is 2.34. The Morgan fingerprint density at radius 3 is 1.93 bits per heavy atom. The second kappa shape index (κ2) is 15.6. The number of hydrogen-bond donors (Lipinski definition) is 6. The standard InChI is InChI=1S/C14H12ClIN2O2.C13H7Br2F2IN2O2/c1-8-2-4-10(14(19)18-20)13(6-8)17-12-5-3-9(16)7-11(12)15;14-7-3-5(18)1-2-9(7)19-12-6(13(21)20-22)4-8(15)10(16)11(12)17/h2-7,17,20H,1H3,(H,18,19);1-4,19,22H,(H,20,21). The zero-order chi connectivity index (χ0) is 31.1. The maximum atomic E-state index is 14.2. The number of nitrogens with one attached hydrogen (secondary N) is 4. The number of benzene rings is 4. The smallest absolute Gasteiger partial charge is 0.276 e. The molecule has 0 spiro atoms. The number of aryl methyl sites for hydroxylation is 1. The first-order valence-corrected chi connectivity index (χ1v) is 15.6. The molecule has 42 heavy (non-hydrogen) atoms. The molecule has 220 valence electrons. The molecular weight excluding hydrogens is 931 g/mol. The van der Waals surface area contributed by atoms with E-state index in [1.54, 1.807) is 35.8 Å². The Labute approximate surface area is 288 Å². The van der Waals surface area contributed by atoms with Gasteiger partial charge in [-0.15, -0.1) is 0 Å². The topological polar surface area (TPSA) is 123 Å². The second-order valence-electron chi connectivity index (χ2n) is 8.34. The molecule has 0 heterocycles. The zero-order valence-electron chi connectivity index (χ0n) is 21.1. The van der Waals surface area contributed by atoms with Crippen LogP contribution >= 0.6 is 88.6 Å². The number of halogens is 7. The number of hydroxylamine groups is 2. The molecule has 0 saturated carbocycles. The van der Waals surface area contributed by atoms with Crippen molar-refractivity contribution in [2.75, 3.05) is 10.6 Å². The molecule has 0 saturated heterocycles. The largest absolute Gasteiger partial charge is 0.354 e. The van der Waals surface area contributed by atoms with Gasteiger partial charge in [-0.05, 0) is 144 Å². The Bertz CT molecular complexity index is 1670. The van der Waals surface area contributed by atoms with Crippen molar-refractivity contribution in [3.63, 3.8) is 0 Å². The molecule has 0 aromatic heterocycles. The lowest BCUT2D eigenvalue weighted by Gasteiger charge is -2.15. The van der Waals surface area contributed by atoms with Crippen molar-refractivity contribution in [2.24, 2.45) is 0 Å². The summed E-state index contributed by atoms with van der Waals surface area (Å²) < 4.78 is 30.2. The number of rotatable bonds is 6. The van der Waals surface area contributed by atoms with E-state index in [4.69, 9.17) is 22.0 Å². The van der Waals surface area contributed by atoms with Crippen molar-refractivity contribution in [1.82, 2.24) is 11.0 Å². The minimum atomic E-state index is -1.24. The Morgan fingerprint density at radius 1 is 0.738 bits per heavy atom. The van der Waals surface area contributed by atoms with Crippen LogP contribution < -0.4 is 21.6 Å². The Kier molecular flexibility index (Phi) is 12.8. The van der Waals surface area contributed by atoms with E-state index < -0.39 is 23.4 Å². The number of anilines is 4. The summed E-state index contributed by atoms with van der Waals surface area (Å²) in [5, 5.41) is 23.9. The van der Waals surface area contributed by atoms with Crippen LogP contribution in [0.1, 0.15) is 26.3 Å². The van der Waals surface area contributed by atoms with Crippen LogP contribution in [-0.2, 0) is 0 Å². The van der Waals surface area contributed by atoms with E-state index in [0.717, 1.165) is 18.8 Å². The molecule has 4 rings (SSSR count). The molecule has 2 amide bonds. The predicted octanol–water partition coefficient (Wildman–Crippen LogP) is 9.07. The maximum Gasteiger partial charge on any atom is 0.276 e. The van der Waals surface area contributed by atoms with Crippen molar-refractivity contribution in [1.29, 1.82) is 0 Å². The molecule has 0 atom stereocenters. The van der Waals surface area contributed by atoms with E-state index >= 15 is 0 Å². The number of carbonyl (C=O) groups excluding carboxylic acids is 2. The van der Waals surface area contributed by atoms with Gasteiger partial charge >= 0.3 is 0 Å². The van der Waals surface area contributed by atoms with E-state index in [2.05, 4.69) is 87.7 Å². The van der Waals surface area contributed by atoms with Gasteiger partial charge in [0.2, 0.25) is 0 Å². The van der Waals surface area contributed by atoms with E-state index in [1.165, 1.54) is 5.48 Å². The summed E-state index contributed by atoms with van der Waals surface area (Å²) in [7, 11) is 0. The molecule has 15 heteroatoms. The average Bonchev–Trinajstić information content (AvgIpc) is 2.95. The molecule has 0 fully saturated rings. The molecule has 0 bridgehead atoms. The molecule has 0 aliphatic rings. The van der Waals surface area contributed by atoms with Crippen molar-refractivity contribution in [3.05, 3.63) is 110 Å². The van der Waals surface area contributed by atoms with Gasteiger partial charge in [0.15, 0.2) is 11.6 Å². The van der Waals surface area contributed by atoms with E-state index in [9.17, 15) is 18.4 Å². The van der Waals surface area contributed by atoms with Crippen molar-refractivity contribution in [2.45, 2.75) is 6.92 Å². The molecular formula is C27H19Br2ClF2I2N4O4. The van der Waals surface area contributed by atoms with Gasteiger partial charge < -0.3 is 10.6 Å². The monoisotopic (exact) mass is 948 g/mol. The lowest BCUT2D eigenvalue weighted by Crippen LogP contribution is -2.21. The van der Waals surface area contributed by atoms with Crippen LogP contribution in [0.15, 0.2) is 69.6 Å². The number of amides is 2. The lowest BCUT2D eigenvalue weighted by atomic mass is 10.1. The van der Waals surface area contributed by atoms with Gasteiger partial charge in [-0.1, -0.05) is 17.7 Å². The fraction of sp³-hybridized carbons (Fsp3) is 0.0370. The van der Waals surface area contributed by atoms with Gasteiger partial charge in [0.05, 0.1) is 43.4 Å². The highest BCUT2D eigenvalue weighted by molar-refractivity contribution is 14.1. The summed E-state index contributed by atoms with van der Waals surface area (Å²) in [6, 6.07) is 17.1. The second-order valence-corrected chi connectivity index (χ2v) is 12.9. The molecule has 8 nitrogen and oxygen atoms in total. The Morgan fingerprint density at radius 2 is 1.33 bits per heavy atom. The van der Waals surface area contributed by atoms with Crippen LogP contribution in [0.25, 0.3) is 0 Å².